The molecule has 1 aliphatic heterocycles. The molecule has 0 unspecified atom stereocenters. The monoisotopic (exact) mass is 144 g/mol. The van der Waals surface area contributed by atoms with Gasteiger partial charge in [-0.3, -0.25) is 10.4 Å². The molecule has 0 amide bonds. The maximum absolute atomic E-state index is 12.5. The number of rotatable bonds is 1. The molecule has 1 N–H and O–H groups in total. The molecule has 0 saturated carbocycles. The second-order valence-corrected chi connectivity index (χ2v) is 1.90. The molecule has 4 heteroatoms. The van der Waals surface area contributed by atoms with Gasteiger partial charge >= 0.3 is 0 Å². The largest absolute Gasteiger partial charge is 0.481 e. The van der Waals surface area contributed by atoms with Crippen LogP contribution in [0.3, 0.4) is 0 Å². The van der Waals surface area contributed by atoms with Crippen LogP contribution in [-0.2, 0) is 4.74 Å². The van der Waals surface area contributed by atoms with Crippen molar-refractivity contribution in [3.63, 3.8) is 0 Å². The van der Waals surface area contributed by atoms with E-state index in [9.17, 15) is 4.39 Å². The van der Waals surface area contributed by atoms with Gasteiger partial charge in [-0.15, -0.1) is 0 Å². The molecule has 0 atom stereocenters. The number of nitrogens with zero attached hydrogens (tertiary/aromatic N) is 1. The smallest absolute Gasteiger partial charge is 0.208 e. The topological polar surface area (TPSA) is 24.5 Å². The number of halogens is 1. The highest BCUT2D eigenvalue weighted by Gasteiger charge is 2.08. The Morgan fingerprint density at radius 3 is 2.80 bits per heavy atom. The Morgan fingerprint density at radius 1 is 1.60 bits per heavy atom. The third kappa shape index (κ3) is 1.21. The van der Waals surface area contributed by atoms with E-state index in [4.69, 9.17) is 4.74 Å². The first-order valence-corrected chi connectivity index (χ1v) is 2.86. The van der Waals surface area contributed by atoms with E-state index in [0.29, 0.717) is 5.88 Å². The highest BCUT2D eigenvalue weighted by atomic mass is 19.1. The summed E-state index contributed by atoms with van der Waals surface area (Å²) in [6.45, 7) is 0. The number of hydrogen-bond acceptors (Lipinski definition) is 3. The van der Waals surface area contributed by atoms with Gasteiger partial charge in [-0.05, 0) is 6.08 Å². The van der Waals surface area contributed by atoms with Gasteiger partial charge in [-0.2, -0.15) is 4.39 Å². The standard InChI is InChI=1S/C6H9FN2O/c1-9-5(7)3-4-6(8-9)10-2/h3-4,8H,1-2H3. The maximum Gasteiger partial charge on any atom is 0.208 e. The summed E-state index contributed by atoms with van der Waals surface area (Å²) in [5, 5.41) is 1.23. The van der Waals surface area contributed by atoms with E-state index in [1.807, 2.05) is 0 Å². The number of hydrogen-bond donors (Lipinski definition) is 1. The molecule has 0 spiro atoms. The second-order valence-electron chi connectivity index (χ2n) is 1.90. The summed E-state index contributed by atoms with van der Waals surface area (Å²) in [6.07, 6.45) is 2.85. The molecule has 1 heterocycles. The van der Waals surface area contributed by atoms with Crippen molar-refractivity contribution in [1.29, 1.82) is 0 Å². The zero-order chi connectivity index (χ0) is 7.56. The van der Waals surface area contributed by atoms with Crippen LogP contribution in [0, 0.1) is 0 Å². The molecule has 10 heavy (non-hydrogen) atoms. The maximum atomic E-state index is 12.5. The minimum absolute atomic E-state index is 0.333. The Morgan fingerprint density at radius 2 is 2.30 bits per heavy atom. The van der Waals surface area contributed by atoms with Crippen LogP contribution in [0.15, 0.2) is 24.0 Å². The Bertz CT molecular complexity index is 188. The molecule has 0 aromatic carbocycles. The van der Waals surface area contributed by atoms with Crippen LogP contribution < -0.4 is 5.43 Å². The Kier molecular flexibility index (Phi) is 1.80. The number of methoxy groups -OCH3 is 1. The molecule has 0 bridgehead atoms. The van der Waals surface area contributed by atoms with Crippen LogP contribution in [0.4, 0.5) is 4.39 Å². The summed E-state index contributed by atoms with van der Waals surface area (Å²) in [4.78, 5) is 0. The minimum atomic E-state index is -0.333. The third-order valence-electron chi connectivity index (χ3n) is 1.19. The van der Waals surface area contributed by atoms with E-state index in [2.05, 4.69) is 5.43 Å². The molecule has 1 aliphatic rings. The van der Waals surface area contributed by atoms with Crippen LogP contribution in [0.1, 0.15) is 0 Å². The lowest BCUT2D eigenvalue weighted by atomic mass is 10.5. The summed E-state index contributed by atoms with van der Waals surface area (Å²) in [6, 6.07) is 0. The van der Waals surface area contributed by atoms with Gasteiger partial charge in [0.2, 0.25) is 11.8 Å². The quantitative estimate of drug-likeness (QED) is 0.549. The summed E-state index contributed by atoms with van der Waals surface area (Å²) < 4.78 is 17.3. The fourth-order valence-corrected chi connectivity index (χ4v) is 0.626. The van der Waals surface area contributed by atoms with Crippen molar-refractivity contribution in [2.45, 2.75) is 0 Å². The van der Waals surface area contributed by atoms with E-state index in [0.717, 1.165) is 0 Å². The molecule has 0 aliphatic carbocycles. The van der Waals surface area contributed by atoms with Crippen molar-refractivity contribution in [2.75, 3.05) is 14.2 Å². The average Bonchev–Trinajstić information content (AvgIpc) is 1.95. The van der Waals surface area contributed by atoms with E-state index in [1.165, 1.54) is 24.3 Å². The summed E-state index contributed by atoms with van der Waals surface area (Å²) in [7, 11) is 3.08. The van der Waals surface area contributed by atoms with Crippen LogP contribution in [-0.4, -0.2) is 19.2 Å². The molecule has 3 nitrogen and oxygen atoms in total. The molecule has 1 rings (SSSR count). The van der Waals surface area contributed by atoms with Gasteiger partial charge in [0.1, 0.15) is 0 Å². The third-order valence-corrected chi connectivity index (χ3v) is 1.19. The summed E-state index contributed by atoms with van der Waals surface area (Å²) >= 11 is 0. The van der Waals surface area contributed by atoms with Gasteiger partial charge in [0.25, 0.3) is 0 Å². The molecular formula is C6H9FN2O. The Hall–Kier alpha value is -1.19. The van der Waals surface area contributed by atoms with Gasteiger partial charge in [0.15, 0.2) is 0 Å². The number of allylic oxidation sites excluding steroid dienone is 2. The Labute approximate surface area is 58.7 Å². The van der Waals surface area contributed by atoms with E-state index in [1.54, 1.807) is 7.05 Å². The molecule has 0 fully saturated rings. The lowest BCUT2D eigenvalue weighted by molar-refractivity contribution is 0.162. The van der Waals surface area contributed by atoms with Gasteiger partial charge < -0.3 is 4.74 Å². The van der Waals surface area contributed by atoms with Gasteiger partial charge in [0.05, 0.1) is 7.11 Å². The fourth-order valence-electron chi connectivity index (χ4n) is 0.626. The van der Waals surface area contributed by atoms with Gasteiger partial charge in [-0.25, -0.2) is 0 Å². The van der Waals surface area contributed by atoms with Crippen LogP contribution >= 0.6 is 0 Å². The highest BCUT2D eigenvalue weighted by Crippen LogP contribution is 2.08. The highest BCUT2D eigenvalue weighted by molar-refractivity contribution is 5.13. The van der Waals surface area contributed by atoms with Crippen LogP contribution in [0.2, 0.25) is 0 Å². The molecule has 56 valence electrons. The van der Waals surface area contributed by atoms with Crippen molar-refractivity contribution in [3.8, 4) is 0 Å². The molecule has 0 saturated heterocycles. The number of hydrazine groups is 1. The normalized spacial score (nSPS) is 17.3. The first-order valence-electron chi connectivity index (χ1n) is 2.86. The molecule has 0 aromatic heterocycles. The van der Waals surface area contributed by atoms with Crippen molar-refractivity contribution < 1.29 is 9.13 Å². The Balaban J connectivity index is 2.68. The molecular weight excluding hydrogens is 135 g/mol. The first-order chi connectivity index (χ1) is 4.74. The number of ether oxygens (including phenoxy) is 1. The summed E-state index contributed by atoms with van der Waals surface area (Å²) in [5.74, 6) is 0.199. The second kappa shape index (κ2) is 2.60. The average molecular weight is 144 g/mol. The van der Waals surface area contributed by atoms with Crippen molar-refractivity contribution in [2.24, 2.45) is 0 Å². The lowest BCUT2D eigenvalue weighted by Crippen LogP contribution is -2.34. The lowest BCUT2D eigenvalue weighted by Gasteiger charge is -2.22. The minimum Gasteiger partial charge on any atom is -0.481 e. The zero-order valence-electron chi connectivity index (χ0n) is 5.89. The van der Waals surface area contributed by atoms with Gasteiger partial charge in [-0.1, -0.05) is 0 Å². The van der Waals surface area contributed by atoms with Crippen LogP contribution in [0.5, 0.6) is 0 Å². The predicted octanol–water partition coefficient (Wildman–Crippen LogP) is 0.735. The fraction of sp³-hybridized carbons (Fsp3) is 0.333. The molecule has 0 radical (unpaired) electrons. The van der Waals surface area contributed by atoms with Crippen LogP contribution in [0.25, 0.3) is 0 Å². The SMILES string of the molecule is COC1=CC=C(F)N(C)N1. The van der Waals surface area contributed by atoms with E-state index < -0.39 is 0 Å². The van der Waals surface area contributed by atoms with E-state index in [-0.39, 0.29) is 5.95 Å². The van der Waals surface area contributed by atoms with Gasteiger partial charge in [0, 0.05) is 13.1 Å². The number of nitrogens with one attached hydrogen (secondary N) is 1. The molecule has 0 aromatic rings. The zero-order valence-corrected chi connectivity index (χ0v) is 5.89. The van der Waals surface area contributed by atoms with Crippen molar-refractivity contribution in [3.05, 3.63) is 24.0 Å². The van der Waals surface area contributed by atoms with E-state index >= 15 is 0 Å². The van der Waals surface area contributed by atoms with Crippen molar-refractivity contribution >= 4 is 0 Å². The summed E-state index contributed by atoms with van der Waals surface area (Å²) in [5.41, 5.74) is 2.64. The predicted molar refractivity (Wildman–Crippen MR) is 35.2 cm³/mol. The van der Waals surface area contributed by atoms with Crippen molar-refractivity contribution in [1.82, 2.24) is 10.4 Å². The first kappa shape index (κ1) is 6.92.